The lowest BCUT2D eigenvalue weighted by atomic mass is 9.93. The lowest BCUT2D eigenvalue weighted by Crippen LogP contribution is -2.54. The minimum absolute atomic E-state index is 0.0476. The summed E-state index contributed by atoms with van der Waals surface area (Å²) in [6.07, 6.45) is 2.44. The Morgan fingerprint density at radius 2 is 2.10 bits per heavy atom. The van der Waals surface area contributed by atoms with E-state index in [1.165, 1.54) is 17.5 Å². The molecule has 0 spiro atoms. The Hall–Kier alpha value is -1.70. The number of amides is 1. The molecule has 1 saturated heterocycles. The number of nitrogens with two attached hydrogens (primary N) is 1. The summed E-state index contributed by atoms with van der Waals surface area (Å²) >= 11 is 0. The van der Waals surface area contributed by atoms with Gasteiger partial charge < -0.3 is 11.1 Å². The Morgan fingerprint density at radius 1 is 1.43 bits per heavy atom. The van der Waals surface area contributed by atoms with Crippen molar-refractivity contribution in [2.45, 2.75) is 45.7 Å². The minimum atomic E-state index is -0.132. The van der Waals surface area contributed by atoms with E-state index in [0.717, 1.165) is 19.0 Å². The summed E-state index contributed by atoms with van der Waals surface area (Å²) in [6, 6.07) is 0. The van der Waals surface area contributed by atoms with E-state index in [4.69, 9.17) is 5.73 Å². The number of hydrogen-bond donors (Lipinski definition) is 2. The summed E-state index contributed by atoms with van der Waals surface area (Å²) in [6.45, 7) is 9.44. The van der Waals surface area contributed by atoms with Crippen molar-refractivity contribution in [3.05, 3.63) is 0 Å². The number of tetrazole rings is 1. The SMILES string of the molecule is CC1CCN(C(C)(C)CNC(=O)Cn2nnnc2N)CC1. The van der Waals surface area contributed by atoms with Crippen LogP contribution >= 0.6 is 0 Å². The molecule has 0 aromatic carbocycles. The average Bonchev–Trinajstić information content (AvgIpc) is 2.83. The van der Waals surface area contributed by atoms with Crippen molar-refractivity contribution in [1.82, 2.24) is 30.4 Å². The number of likely N-dealkylation sites (tertiary alicyclic amines) is 1. The van der Waals surface area contributed by atoms with E-state index < -0.39 is 0 Å². The third kappa shape index (κ3) is 4.13. The van der Waals surface area contributed by atoms with Gasteiger partial charge in [-0.1, -0.05) is 12.0 Å². The van der Waals surface area contributed by atoms with Crippen molar-refractivity contribution in [3.63, 3.8) is 0 Å². The Bertz CT molecular complexity index is 477. The van der Waals surface area contributed by atoms with Crippen LogP contribution in [0.3, 0.4) is 0 Å². The highest BCUT2D eigenvalue weighted by atomic mass is 16.2. The fourth-order valence-electron chi connectivity index (χ4n) is 2.56. The smallest absolute Gasteiger partial charge is 0.242 e. The summed E-state index contributed by atoms with van der Waals surface area (Å²) in [7, 11) is 0. The first kappa shape index (κ1) is 15.7. The van der Waals surface area contributed by atoms with Gasteiger partial charge in [-0.2, -0.15) is 0 Å². The summed E-state index contributed by atoms with van der Waals surface area (Å²) in [5.41, 5.74) is 5.49. The summed E-state index contributed by atoms with van der Waals surface area (Å²) in [4.78, 5) is 14.4. The fraction of sp³-hybridized carbons (Fsp3) is 0.846. The van der Waals surface area contributed by atoms with Gasteiger partial charge in [0.15, 0.2) is 0 Å². The summed E-state index contributed by atoms with van der Waals surface area (Å²) < 4.78 is 1.28. The van der Waals surface area contributed by atoms with Crippen LogP contribution in [-0.2, 0) is 11.3 Å². The van der Waals surface area contributed by atoms with Gasteiger partial charge in [0.05, 0.1) is 0 Å². The summed E-state index contributed by atoms with van der Waals surface area (Å²) in [5, 5.41) is 13.6. The normalized spacial score (nSPS) is 17.9. The van der Waals surface area contributed by atoms with Crippen LogP contribution in [0.1, 0.15) is 33.6 Å². The van der Waals surface area contributed by atoms with Crippen molar-refractivity contribution in [1.29, 1.82) is 0 Å². The maximum atomic E-state index is 11.9. The zero-order chi connectivity index (χ0) is 15.5. The van der Waals surface area contributed by atoms with Gasteiger partial charge >= 0.3 is 0 Å². The second kappa shape index (κ2) is 6.38. The Morgan fingerprint density at radius 3 is 2.67 bits per heavy atom. The molecule has 3 N–H and O–H groups in total. The first-order chi connectivity index (χ1) is 9.88. The number of carbonyl (C=O) groups is 1. The highest BCUT2D eigenvalue weighted by Gasteiger charge is 2.29. The van der Waals surface area contributed by atoms with Gasteiger partial charge in [-0.3, -0.25) is 9.69 Å². The summed E-state index contributed by atoms with van der Waals surface area (Å²) in [5.74, 6) is 0.816. The van der Waals surface area contributed by atoms with Crippen molar-refractivity contribution < 1.29 is 4.79 Å². The van der Waals surface area contributed by atoms with E-state index >= 15 is 0 Å². The van der Waals surface area contributed by atoms with Crippen LogP contribution in [0.2, 0.25) is 0 Å². The number of anilines is 1. The topological polar surface area (TPSA) is 102 Å². The molecule has 1 aromatic heterocycles. The van der Waals surface area contributed by atoms with Crippen LogP contribution < -0.4 is 11.1 Å². The second-order valence-electron chi connectivity index (χ2n) is 6.45. The number of aromatic nitrogens is 4. The number of nitrogens with one attached hydrogen (secondary N) is 1. The molecule has 0 radical (unpaired) electrons. The molecule has 2 rings (SSSR count). The van der Waals surface area contributed by atoms with Gasteiger partial charge in [0.1, 0.15) is 6.54 Å². The Balaban J connectivity index is 1.81. The van der Waals surface area contributed by atoms with E-state index in [-0.39, 0.29) is 23.9 Å². The highest BCUT2D eigenvalue weighted by Crippen LogP contribution is 2.23. The van der Waals surface area contributed by atoms with E-state index in [1.807, 2.05) is 0 Å². The second-order valence-corrected chi connectivity index (χ2v) is 6.45. The molecule has 1 fully saturated rings. The lowest BCUT2D eigenvalue weighted by Gasteiger charge is -2.42. The van der Waals surface area contributed by atoms with Gasteiger partial charge in [-0.15, -0.1) is 0 Å². The third-order valence-corrected chi connectivity index (χ3v) is 4.21. The monoisotopic (exact) mass is 295 g/mol. The van der Waals surface area contributed by atoms with Crippen molar-refractivity contribution in [2.75, 3.05) is 25.4 Å². The molecule has 8 nitrogen and oxygen atoms in total. The zero-order valence-electron chi connectivity index (χ0n) is 13.0. The van der Waals surface area contributed by atoms with Crippen LogP contribution in [0.4, 0.5) is 5.95 Å². The lowest BCUT2D eigenvalue weighted by molar-refractivity contribution is -0.122. The average molecular weight is 295 g/mol. The number of nitrogen functional groups attached to an aromatic ring is 1. The molecule has 2 heterocycles. The molecule has 0 atom stereocenters. The van der Waals surface area contributed by atoms with E-state index in [2.05, 4.69) is 46.5 Å². The quantitative estimate of drug-likeness (QED) is 0.785. The maximum Gasteiger partial charge on any atom is 0.242 e. The van der Waals surface area contributed by atoms with Gasteiger partial charge in [0, 0.05) is 12.1 Å². The molecule has 8 heteroatoms. The van der Waals surface area contributed by atoms with Crippen LogP contribution in [0, 0.1) is 5.92 Å². The molecular formula is C13H25N7O. The molecule has 1 aliphatic heterocycles. The van der Waals surface area contributed by atoms with E-state index in [0.29, 0.717) is 6.54 Å². The molecule has 0 saturated carbocycles. The van der Waals surface area contributed by atoms with Gasteiger partial charge in [-0.05, 0) is 56.1 Å². The zero-order valence-corrected chi connectivity index (χ0v) is 13.0. The van der Waals surface area contributed by atoms with Crippen molar-refractivity contribution in [2.24, 2.45) is 5.92 Å². The fourth-order valence-corrected chi connectivity index (χ4v) is 2.56. The Kier molecular flexibility index (Phi) is 4.76. The van der Waals surface area contributed by atoms with E-state index in [1.54, 1.807) is 0 Å². The van der Waals surface area contributed by atoms with Gasteiger partial charge in [0.25, 0.3) is 0 Å². The molecule has 0 aliphatic carbocycles. The standard InChI is InChI=1S/C13H25N7O/c1-10-4-6-19(7-5-10)13(2,3)9-15-11(21)8-20-12(14)16-17-18-20/h10H,4-9H2,1-3H3,(H,15,21)(H2,14,16,18). The molecule has 0 unspecified atom stereocenters. The molecule has 1 aliphatic rings. The highest BCUT2D eigenvalue weighted by molar-refractivity contribution is 5.75. The molecule has 0 bridgehead atoms. The predicted octanol–water partition coefficient (Wildman–Crippen LogP) is -0.118. The van der Waals surface area contributed by atoms with Crippen molar-refractivity contribution in [3.8, 4) is 0 Å². The first-order valence-corrected chi connectivity index (χ1v) is 7.42. The van der Waals surface area contributed by atoms with Gasteiger partial charge in [0.2, 0.25) is 11.9 Å². The predicted molar refractivity (Wildman–Crippen MR) is 79.3 cm³/mol. The van der Waals surface area contributed by atoms with Crippen LogP contribution in [0.25, 0.3) is 0 Å². The number of carbonyl (C=O) groups excluding carboxylic acids is 1. The molecule has 118 valence electrons. The number of piperidine rings is 1. The van der Waals surface area contributed by atoms with Gasteiger partial charge in [-0.25, -0.2) is 4.68 Å². The molecule has 21 heavy (non-hydrogen) atoms. The molecule has 1 aromatic rings. The van der Waals surface area contributed by atoms with E-state index in [9.17, 15) is 4.79 Å². The maximum absolute atomic E-state index is 11.9. The van der Waals surface area contributed by atoms with Crippen LogP contribution in [-0.4, -0.2) is 56.2 Å². The largest absolute Gasteiger partial charge is 0.367 e. The molecule has 1 amide bonds. The van der Waals surface area contributed by atoms with Crippen LogP contribution in [0.15, 0.2) is 0 Å². The Labute approximate surface area is 125 Å². The molecular weight excluding hydrogens is 270 g/mol. The minimum Gasteiger partial charge on any atom is -0.367 e. The number of nitrogens with zero attached hydrogens (tertiary/aromatic N) is 5. The van der Waals surface area contributed by atoms with Crippen molar-refractivity contribution >= 4 is 11.9 Å². The van der Waals surface area contributed by atoms with Crippen LogP contribution in [0.5, 0.6) is 0 Å². The number of hydrogen-bond acceptors (Lipinski definition) is 6. The first-order valence-electron chi connectivity index (χ1n) is 7.42. The number of rotatable bonds is 5. The third-order valence-electron chi connectivity index (χ3n) is 4.21.